The fourth-order valence-corrected chi connectivity index (χ4v) is 1.77. The second-order valence-corrected chi connectivity index (χ2v) is 3.81. The van der Waals surface area contributed by atoms with Gasteiger partial charge in [0.1, 0.15) is 17.6 Å². The lowest BCUT2D eigenvalue weighted by Gasteiger charge is -2.21. The van der Waals surface area contributed by atoms with E-state index in [0.29, 0.717) is 12.2 Å². The fraction of sp³-hybridized carbons (Fsp3) is 0.308. The lowest BCUT2D eigenvalue weighted by molar-refractivity contribution is -0.117. The smallest absolute Gasteiger partial charge is 0.163 e. The van der Waals surface area contributed by atoms with Crippen LogP contribution in [0.25, 0.3) is 5.76 Å². The summed E-state index contributed by atoms with van der Waals surface area (Å²) in [5.74, 6) is 1.41. The number of hydrogen-bond donors (Lipinski definition) is 0. The molecule has 1 atom stereocenters. The summed E-state index contributed by atoms with van der Waals surface area (Å²) in [5.41, 5.74) is 0.824. The molecule has 0 bridgehead atoms. The Balaban J connectivity index is 2.40. The van der Waals surface area contributed by atoms with Gasteiger partial charge in [-0.2, -0.15) is 0 Å². The molecule has 3 heteroatoms. The maximum absolute atomic E-state index is 11.5. The minimum atomic E-state index is -0.0718. The SMILES string of the molecule is COc1ccccc1C1=CC(=O)CC(C)O1. The first-order valence-corrected chi connectivity index (χ1v) is 5.25. The monoisotopic (exact) mass is 218 g/mol. The van der Waals surface area contributed by atoms with E-state index in [4.69, 9.17) is 9.47 Å². The molecular weight excluding hydrogens is 204 g/mol. The summed E-state index contributed by atoms with van der Waals surface area (Å²) in [5, 5.41) is 0. The van der Waals surface area contributed by atoms with Crippen LogP contribution in [-0.4, -0.2) is 19.0 Å². The number of benzene rings is 1. The summed E-state index contributed by atoms with van der Waals surface area (Å²) in [6.45, 7) is 1.89. The van der Waals surface area contributed by atoms with Gasteiger partial charge >= 0.3 is 0 Å². The molecule has 0 amide bonds. The third kappa shape index (κ3) is 2.08. The molecule has 0 saturated carbocycles. The quantitative estimate of drug-likeness (QED) is 0.764. The minimum absolute atomic E-state index is 0.0718. The van der Waals surface area contributed by atoms with Crippen molar-refractivity contribution in [2.24, 2.45) is 0 Å². The first-order valence-electron chi connectivity index (χ1n) is 5.25. The molecule has 0 fully saturated rings. The van der Waals surface area contributed by atoms with Gasteiger partial charge in [-0.15, -0.1) is 0 Å². The van der Waals surface area contributed by atoms with Gasteiger partial charge in [-0.05, 0) is 19.1 Å². The first-order chi connectivity index (χ1) is 7.70. The molecule has 0 spiro atoms. The van der Waals surface area contributed by atoms with Crippen molar-refractivity contribution < 1.29 is 14.3 Å². The molecule has 0 saturated heterocycles. The van der Waals surface area contributed by atoms with Crippen LogP contribution >= 0.6 is 0 Å². The van der Waals surface area contributed by atoms with E-state index in [0.717, 1.165) is 11.3 Å². The predicted octanol–water partition coefficient (Wildman–Crippen LogP) is 2.41. The molecule has 1 aromatic carbocycles. The molecule has 1 aromatic rings. The fourth-order valence-electron chi connectivity index (χ4n) is 1.77. The third-order valence-corrected chi connectivity index (χ3v) is 2.48. The van der Waals surface area contributed by atoms with Gasteiger partial charge in [-0.25, -0.2) is 0 Å². The zero-order valence-corrected chi connectivity index (χ0v) is 9.40. The number of rotatable bonds is 2. The molecule has 0 N–H and O–H groups in total. The number of ketones is 1. The highest BCUT2D eigenvalue weighted by Crippen LogP contribution is 2.30. The first kappa shape index (κ1) is 10.7. The maximum Gasteiger partial charge on any atom is 0.163 e. The molecule has 3 nitrogen and oxygen atoms in total. The summed E-state index contributed by atoms with van der Waals surface area (Å²) >= 11 is 0. The largest absolute Gasteiger partial charge is 0.496 e. The van der Waals surface area contributed by atoms with Crippen LogP contribution in [0.4, 0.5) is 0 Å². The molecule has 0 aliphatic carbocycles. The van der Waals surface area contributed by atoms with Gasteiger partial charge in [0.25, 0.3) is 0 Å². The Labute approximate surface area is 94.7 Å². The van der Waals surface area contributed by atoms with E-state index in [1.807, 2.05) is 31.2 Å². The number of ether oxygens (including phenoxy) is 2. The number of methoxy groups -OCH3 is 1. The molecule has 1 heterocycles. The summed E-state index contributed by atoms with van der Waals surface area (Å²) in [6, 6.07) is 7.52. The number of hydrogen-bond acceptors (Lipinski definition) is 3. The van der Waals surface area contributed by atoms with Crippen molar-refractivity contribution in [1.29, 1.82) is 0 Å². The molecule has 0 aromatic heterocycles. The Hall–Kier alpha value is -1.77. The van der Waals surface area contributed by atoms with E-state index in [1.165, 1.54) is 6.08 Å². The number of allylic oxidation sites excluding steroid dienone is 1. The lowest BCUT2D eigenvalue weighted by atomic mass is 10.1. The Kier molecular flexibility index (Phi) is 2.95. The molecule has 1 aliphatic heterocycles. The van der Waals surface area contributed by atoms with Crippen LogP contribution in [0.5, 0.6) is 5.75 Å². The van der Waals surface area contributed by atoms with Crippen molar-refractivity contribution in [3.63, 3.8) is 0 Å². The zero-order chi connectivity index (χ0) is 11.5. The molecule has 84 valence electrons. The van der Waals surface area contributed by atoms with Crippen molar-refractivity contribution in [3.8, 4) is 5.75 Å². The number of para-hydroxylation sites is 1. The van der Waals surface area contributed by atoms with Gasteiger partial charge in [-0.1, -0.05) is 12.1 Å². The summed E-state index contributed by atoms with van der Waals surface area (Å²) in [4.78, 5) is 11.5. The Bertz CT molecular complexity index is 435. The van der Waals surface area contributed by atoms with Gasteiger partial charge in [0.2, 0.25) is 0 Å². The van der Waals surface area contributed by atoms with E-state index >= 15 is 0 Å². The summed E-state index contributed by atoms with van der Waals surface area (Å²) in [7, 11) is 1.60. The van der Waals surface area contributed by atoms with Crippen LogP contribution in [-0.2, 0) is 9.53 Å². The van der Waals surface area contributed by atoms with Crippen molar-refractivity contribution in [3.05, 3.63) is 35.9 Å². The molecule has 1 aliphatic rings. The molecule has 1 unspecified atom stereocenters. The topological polar surface area (TPSA) is 35.5 Å². The van der Waals surface area contributed by atoms with Crippen LogP contribution in [0.15, 0.2) is 30.3 Å². The predicted molar refractivity (Wildman–Crippen MR) is 61.1 cm³/mol. The average molecular weight is 218 g/mol. The zero-order valence-electron chi connectivity index (χ0n) is 9.40. The number of carbonyl (C=O) groups is 1. The van der Waals surface area contributed by atoms with Crippen molar-refractivity contribution in [1.82, 2.24) is 0 Å². The van der Waals surface area contributed by atoms with E-state index in [1.54, 1.807) is 7.11 Å². The molecule has 0 radical (unpaired) electrons. The maximum atomic E-state index is 11.5. The highest BCUT2D eigenvalue weighted by molar-refractivity contribution is 5.97. The average Bonchev–Trinajstić information content (AvgIpc) is 2.27. The lowest BCUT2D eigenvalue weighted by Crippen LogP contribution is -2.18. The Morgan fingerprint density at radius 2 is 2.12 bits per heavy atom. The van der Waals surface area contributed by atoms with E-state index in [-0.39, 0.29) is 11.9 Å². The minimum Gasteiger partial charge on any atom is -0.496 e. The van der Waals surface area contributed by atoms with Gasteiger partial charge in [0, 0.05) is 12.5 Å². The van der Waals surface area contributed by atoms with E-state index < -0.39 is 0 Å². The van der Waals surface area contributed by atoms with Gasteiger partial charge < -0.3 is 9.47 Å². The van der Waals surface area contributed by atoms with E-state index in [2.05, 4.69) is 0 Å². The molecule has 16 heavy (non-hydrogen) atoms. The second kappa shape index (κ2) is 4.39. The van der Waals surface area contributed by atoms with Crippen molar-refractivity contribution in [2.75, 3.05) is 7.11 Å². The van der Waals surface area contributed by atoms with Gasteiger partial charge in [0.15, 0.2) is 5.78 Å². The highest BCUT2D eigenvalue weighted by Gasteiger charge is 2.20. The van der Waals surface area contributed by atoms with Crippen LogP contribution in [0, 0.1) is 0 Å². The van der Waals surface area contributed by atoms with Crippen molar-refractivity contribution >= 4 is 11.5 Å². The van der Waals surface area contributed by atoms with Gasteiger partial charge in [-0.3, -0.25) is 4.79 Å². The van der Waals surface area contributed by atoms with Crippen LogP contribution < -0.4 is 4.74 Å². The summed E-state index contributed by atoms with van der Waals surface area (Å²) < 4.78 is 10.9. The number of carbonyl (C=O) groups excluding carboxylic acids is 1. The van der Waals surface area contributed by atoms with E-state index in [9.17, 15) is 4.79 Å². The third-order valence-electron chi connectivity index (χ3n) is 2.48. The normalized spacial score (nSPS) is 20.0. The highest BCUT2D eigenvalue weighted by atomic mass is 16.5. The van der Waals surface area contributed by atoms with Crippen LogP contribution in [0.2, 0.25) is 0 Å². The Morgan fingerprint density at radius 3 is 2.81 bits per heavy atom. The van der Waals surface area contributed by atoms with Crippen molar-refractivity contribution in [2.45, 2.75) is 19.4 Å². The Morgan fingerprint density at radius 1 is 1.38 bits per heavy atom. The molecular formula is C13H14O3. The van der Waals surface area contributed by atoms with Crippen LogP contribution in [0.1, 0.15) is 18.9 Å². The molecule has 2 rings (SSSR count). The van der Waals surface area contributed by atoms with Gasteiger partial charge in [0.05, 0.1) is 12.7 Å². The summed E-state index contributed by atoms with van der Waals surface area (Å²) in [6.07, 6.45) is 1.91. The standard InChI is InChI=1S/C13H14O3/c1-9-7-10(14)8-13(16-9)11-5-3-4-6-12(11)15-2/h3-6,8-9H,7H2,1-2H3. The van der Waals surface area contributed by atoms with Crippen LogP contribution in [0.3, 0.4) is 0 Å². The second-order valence-electron chi connectivity index (χ2n) is 3.81.